The number of likely N-dealkylation sites (N-methyl/N-ethyl adjacent to an activating group) is 1. The smallest absolute Gasteiger partial charge is 0.252 e. The highest BCUT2D eigenvalue weighted by Gasteiger charge is 2.35. The van der Waals surface area contributed by atoms with Gasteiger partial charge in [-0.3, -0.25) is 9.78 Å². The van der Waals surface area contributed by atoms with E-state index in [-0.39, 0.29) is 30.5 Å². The van der Waals surface area contributed by atoms with Crippen LogP contribution in [0.1, 0.15) is 0 Å². The first-order valence-electron chi connectivity index (χ1n) is 8.23. The monoisotopic (exact) mass is 375 g/mol. The third kappa shape index (κ3) is 3.62. The Bertz CT molecular complexity index is 884. The van der Waals surface area contributed by atoms with Crippen molar-refractivity contribution in [2.45, 2.75) is 11.0 Å². The molecular weight excluding hydrogens is 354 g/mol. The van der Waals surface area contributed by atoms with Crippen LogP contribution in [-0.2, 0) is 19.6 Å². The summed E-state index contributed by atoms with van der Waals surface area (Å²) in [4.78, 5) is 17.8. The second-order valence-electron chi connectivity index (χ2n) is 6.19. The summed E-state index contributed by atoms with van der Waals surface area (Å²) >= 11 is 0. The normalized spacial score (nSPS) is 18.5. The average Bonchev–Trinajstić information content (AvgIpc) is 2.68. The lowest BCUT2D eigenvalue weighted by Gasteiger charge is -2.33. The number of carbonyl (C=O) groups is 1. The molecule has 138 valence electrons. The average molecular weight is 375 g/mol. The maximum absolute atomic E-state index is 13.2. The first-order chi connectivity index (χ1) is 12.4. The molecular formula is C18H21N3O4S. The van der Waals surface area contributed by atoms with Gasteiger partial charge in [-0.15, -0.1) is 0 Å². The highest BCUT2D eigenvalue weighted by atomic mass is 32.2. The number of carbonyl (C=O) groups excluding carboxylic acids is 1. The second kappa shape index (κ2) is 7.53. The van der Waals surface area contributed by atoms with Crippen molar-refractivity contribution in [2.24, 2.45) is 0 Å². The summed E-state index contributed by atoms with van der Waals surface area (Å²) in [5.74, 6) is -0.243. The van der Waals surface area contributed by atoms with E-state index in [0.29, 0.717) is 5.56 Å². The van der Waals surface area contributed by atoms with Gasteiger partial charge in [0.2, 0.25) is 10.0 Å². The third-order valence-corrected chi connectivity index (χ3v) is 6.16. The number of amides is 1. The predicted molar refractivity (Wildman–Crippen MR) is 96.9 cm³/mol. The number of aromatic nitrogens is 1. The SMILES string of the molecule is CN(C)C(=O)C1CN(S(=O)(=O)c2ccccc2-c2ccncc2)CCO1. The topological polar surface area (TPSA) is 79.8 Å². The van der Waals surface area contributed by atoms with Gasteiger partial charge in [-0.1, -0.05) is 18.2 Å². The third-order valence-electron chi connectivity index (χ3n) is 4.24. The van der Waals surface area contributed by atoms with E-state index in [2.05, 4.69) is 4.98 Å². The van der Waals surface area contributed by atoms with E-state index in [0.717, 1.165) is 5.56 Å². The largest absolute Gasteiger partial charge is 0.366 e. The molecule has 1 aromatic carbocycles. The predicted octanol–water partition coefficient (Wildman–Crippen LogP) is 1.23. The number of hydrogen-bond acceptors (Lipinski definition) is 5. The summed E-state index contributed by atoms with van der Waals surface area (Å²) < 4.78 is 33.3. The zero-order valence-corrected chi connectivity index (χ0v) is 15.5. The van der Waals surface area contributed by atoms with Crippen LogP contribution in [0, 0.1) is 0 Å². The first kappa shape index (κ1) is 18.5. The summed E-state index contributed by atoms with van der Waals surface area (Å²) in [6, 6.07) is 10.4. The molecule has 1 fully saturated rings. The van der Waals surface area contributed by atoms with Crippen LogP contribution >= 0.6 is 0 Å². The van der Waals surface area contributed by atoms with E-state index in [1.54, 1.807) is 62.9 Å². The van der Waals surface area contributed by atoms with E-state index in [9.17, 15) is 13.2 Å². The fourth-order valence-corrected chi connectivity index (χ4v) is 4.52. The molecule has 2 aromatic rings. The van der Waals surface area contributed by atoms with E-state index >= 15 is 0 Å². The van der Waals surface area contributed by atoms with Crippen molar-refractivity contribution < 1.29 is 17.9 Å². The van der Waals surface area contributed by atoms with Crippen LogP contribution in [0.25, 0.3) is 11.1 Å². The first-order valence-corrected chi connectivity index (χ1v) is 9.67. The molecule has 1 atom stereocenters. The maximum Gasteiger partial charge on any atom is 0.252 e. The van der Waals surface area contributed by atoms with Crippen LogP contribution in [0.15, 0.2) is 53.7 Å². The van der Waals surface area contributed by atoms with Crippen molar-refractivity contribution in [1.82, 2.24) is 14.2 Å². The highest BCUT2D eigenvalue weighted by molar-refractivity contribution is 7.89. The molecule has 1 saturated heterocycles. The van der Waals surface area contributed by atoms with E-state index in [1.165, 1.54) is 9.21 Å². The minimum absolute atomic E-state index is 0.00399. The minimum Gasteiger partial charge on any atom is -0.366 e. The second-order valence-corrected chi connectivity index (χ2v) is 8.09. The number of sulfonamides is 1. The minimum atomic E-state index is -3.77. The number of nitrogens with zero attached hydrogens (tertiary/aromatic N) is 3. The van der Waals surface area contributed by atoms with Crippen LogP contribution in [-0.4, -0.2) is 68.4 Å². The van der Waals surface area contributed by atoms with Gasteiger partial charge in [0, 0.05) is 45.1 Å². The van der Waals surface area contributed by atoms with Crippen LogP contribution in [0.4, 0.5) is 0 Å². The molecule has 1 aliphatic rings. The van der Waals surface area contributed by atoms with E-state index in [4.69, 9.17) is 4.74 Å². The Morgan fingerprint density at radius 2 is 1.88 bits per heavy atom. The zero-order chi connectivity index (χ0) is 18.7. The molecule has 1 unspecified atom stereocenters. The quantitative estimate of drug-likeness (QED) is 0.803. The number of pyridine rings is 1. The summed E-state index contributed by atoms with van der Waals surface area (Å²) in [5.41, 5.74) is 1.38. The Morgan fingerprint density at radius 1 is 1.19 bits per heavy atom. The lowest BCUT2D eigenvalue weighted by atomic mass is 10.1. The fourth-order valence-electron chi connectivity index (χ4n) is 2.88. The Hall–Kier alpha value is -2.29. The number of morpholine rings is 1. The fraction of sp³-hybridized carbons (Fsp3) is 0.333. The molecule has 8 heteroatoms. The van der Waals surface area contributed by atoms with E-state index in [1.807, 2.05) is 0 Å². The molecule has 7 nitrogen and oxygen atoms in total. The Kier molecular flexibility index (Phi) is 5.36. The van der Waals surface area contributed by atoms with Crippen LogP contribution < -0.4 is 0 Å². The molecule has 1 aliphatic heterocycles. The van der Waals surface area contributed by atoms with Crippen molar-refractivity contribution >= 4 is 15.9 Å². The lowest BCUT2D eigenvalue weighted by Crippen LogP contribution is -2.51. The molecule has 1 amide bonds. The molecule has 26 heavy (non-hydrogen) atoms. The van der Waals surface area contributed by atoms with Crippen LogP contribution in [0.3, 0.4) is 0 Å². The highest BCUT2D eigenvalue weighted by Crippen LogP contribution is 2.29. The summed E-state index contributed by atoms with van der Waals surface area (Å²) in [6.45, 7) is 0.398. The van der Waals surface area contributed by atoms with Crippen LogP contribution in [0.5, 0.6) is 0 Å². The van der Waals surface area contributed by atoms with Gasteiger partial charge in [0.25, 0.3) is 5.91 Å². The van der Waals surface area contributed by atoms with Gasteiger partial charge in [-0.25, -0.2) is 8.42 Å². The van der Waals surface area contributed by atoms with Crippen molar-refractivity contribution in [3.05, 3.63) is 48.8 Å². The summed E-state index contributed by atoms with van der Waals surface area (Å²) in [6.07, 6.45) is 2.46. The van der Waals surface area contributed by atoms with Gasteiger partial charge in [0.1, 0.15) is 6.10 Å². The van der Waals surface area contributed by atoms with Crippen molar-refractivity contribution in [1.29, 1.82) is 0 Å². The summed E-state index contributed by atoms with van der Waals surface area (Å²) in [7, 11) is -0.525. The molecule has 0 radical (unpaired) electrons. The lowest BCUT2D eigenvalue weighted by molar-refractivity contribution is -0.144. The van der Waals surface area contributed by atoms with Crippen molar-refractivity contribution in [3.8, 4) is 11.1 Å². The molecule has 1 aromatic heterocycles. The number of rotatable bonds is 4. The Labute approximate surface area is 153 Å². The van der Waals surface area contributed by atoms with Crippen molar-refractivity contribution in [3.63, 3.8) is 0 Å². The maximum atomic E-state index is 13.2. The molecule has 0 spiro atoms. The molecule has 0 saturated carbocycles. The standard InChI is InChI=1S/C18H21N3O4S/c1-20(2)18(22)16-13-21(11-12-25-16)26(23,24)17-6-4-3-5-15(17)14-7-9-19-10-8-14/h3-10,16H,11-13H2,1-2H3. The molecule has 2 heterocycles. The summed E-state index contributed by atoms with van der Waals surface area (Å²) in [5, 5.41) is 0. The van der Waals surface area contributed by atoms with Gasteiger partial charge in [-0.2, -0.15) is 4.31 Å². The molecule has 0 bridgehead atoms. The molecule has 0 N–H and O–H groups in total. The zero-order valence-electron chi connectivity index (χ0n) is 14.7. The number of benzene rings is 1. The molecule has 0 aliphatic carbocycles. The van der Waals surface area contributed by atoms with Gasteiger partial charge >= 0.3 is 0 Å². The van der Waals surface area contributed by atoms with Gasteiger partial charge in [-0.05, 0) is 23.8 Å². The Morgan fingerprint density at radius 3 is 2.58 bits per heavy atom. The van der Waals surface area contributed by atoms with Gasteiger partial charge < -0.3 is 9.64 Å². The van der Waals surface area contributed by atoms with Gasteiger partial charge in [0.05, 0.1) is 11.5 Å². The number of ether oxygens (including phenoxy) is 1. The van der Waals surface area contributed by atoms with E-state index < -0.39 is 16.1 Å². The van der Waals surface area contributed by atoms with Crippen LogP contribution in [0.2, 0.25) is 0 Å². The molecule has 3 rings (SSSR count). The van der Waals surface area contributed by atoms with Crippen molar-refractivity contribution in [2.75, 3.05) is 33.8 Å². The van der Waals surface area contributed by atoms with Gasteiger partial charge in [0.15, 0.2) is 0 Å². The number of hydrogen-bond donors (Lipinski definition) is 0. The Balaban J connectivity index is 1.95.